The van der Waals surface area contributed by atoms with E-state index in [1.165, 1.54) is 13.8 Å². The molecule has 38 heavy (non-hydrogen) atoms. The topological polar surface area (TPSA) is 128 Å². The smallest absolute Gasteiger partial charge is 0.256 e. The Morgan fingerprint density at radius 3 is 1.37 bits per heavy atom. The number of carbonyl (C=O) groups is 4. The summed E-state index contributed by atoms with van der Waals surface area (Å²) in [6.45, 7) is 2.65. The Labute approximate surface area is 218 Å². The number of carbonyl (C=O) groups excluding carboxylic acids is 4. The van der Waals surface area contributed by atoms with Crippen LogP contribution >= 0.6 is 0 Å². The van der Waals surface area contributed by atoms with Crippen LogP contribution in [0.2, 0.25) is 0 Å². The van der Waals surface area contributed by atoms with E-state index in [0.29, 0.717) is 22.5 Å². The van der Waals surface area contributed by atoms with Crippen molar-refractivity contribution in [1.82, 2.24) is 25.2 Å². The van der Waals surface area contributed by atoms with Gasteiger partial charge in [0.2, 0.25) is 11.8 Å². The zero-order chi connectivity index (χ0) is 27.0. The number of hydrazone groups is 2. The number of amidine groups is 2. The van der Waals surface area contributed by atoms with Gasteiger partial charge in [0.1, 0.15) is 0 Å². The zero-order valence-electron chi connectivity index (χ0n) is 21.0. The van der Waals surface area contributed by atoms with Gasteiger partial charge >= 0.3 is 0 Å². The molecule has 2 aliphatic heterocycles. The van der Waals surface area contributed by atoms with Crippen molar-refractivity contribution in [1.29, 1.82) is 0 Å². The second kappa shape index (κ2) is 9.77. The minimum Gasteiger partial charge on any atom is -0.347 e. The van der Waals surface area contributed by atoms with E-state index in [-0.39, 0.29) is 11.7 Å². The highest BCUT2D eigenvalue weighted by atomic mass is 16.2. The van der Waals surface area contributed by atoms with Gasteiger partial charge in [-0.15, -0.1) is 0 Å². The van der Waals surface area contributed by atoms with E-state index in [4.69, 9.17) is 0 Å². The fourth-order valence-corrected chi connectivity index (χ4v) is 4.54. The molecule has 2 aliphatic rings. The van der Waals surface area contributed by atoms with E-state index in [1.54, 1.807) is 72.3 Å². The van der Waals surface area contributed by atoms with Gasteiger partial charge in [0.25, 0.3) is 11.8 Å². The molecule has 1 aromatic heterocycles. The molecule has 192 valence electrons. The Morgan fingerprint density at radius 2 is 1.03 bits per heavy atom. The molecule has 3 aromatic rings. The van der Waals surface area contributed by atoms with Crippen molar-refractivity contribution >= 4 is 35.3 Å². The average molecular weight is 512 g/mol. The van der Waals surface area contributed by atoms with Gasteiger partial charge in [-0.3, -0.25) is 19.2 Å². The summed E-state index contributed by atoms with van der Waals surface area (Å²) >= 11 is 0. The first-order valence-corrected chi connectivity index (χ1v) is 11.9. The van der Waals surface area contributed by atoms with Gasteiger partial charge in [-0.2, -0.15) is 10.2 Å². The lowest BCUT2D eigenvalue weighted by Crippen LogP contribution is -2.50. The Bertz CT molecular complexity index is 1380. The molecular formula is C27H25N7O4. The van der Waals surface area contributed by atoms with Gasteiger partial charge < -0.3 is 15.2 Å². The van der Waals surface area contributed by atoms with Gasteiger partial charge in [-0.25, -0.2) is 10.0 Å². The maximum Gasteiger partial charge on any atom is 0.256 e. The third kappa shape index (κ3) is 4.34. The second-order valence-electron chi connectivity index (χ2n) is 8.88. The van der Waals surface area contributed by atoms with Crippen molar-refractivity contribution in [3.05, 3.63) is 95.3 Å². The molecule has 2 N–H and O–H groups in total. The average Bonchev–Trinajstić information content (AvgIpc) is 3.28. The third-order valence-electron chi connectivity index (χ3n) is 6.38. The summed E-state index contributed by atoms with van der Waals surface area (Å²) in [5, 5.41) is 16.6. The van der Waals surface area contributed by atoms with Crippen molar-refractivity contribution in [3.8, 4) is 0 Å². The quantitative estimate of drug-likeness (QED) is 0.553. The minimum absolute atomic E-state index is 0.258. The summed E-state index contributed by atoms with van der Waals surface area (Å²) in [6, 6.07) is 19.1. The van der Waals surface area contributed by atoms with Crippen LogP contribution in [0, 0.1) is 0 Å². The zero-order valence-corrected chi connectivity index (χ0v) is 21.0. The number of benzene rings is 2. The molecule has 0 bridgehead atoms. The number of hydrogen-bond donors (Lipinski definition) is 2. The van der Waals surface area contributed by atoms with E-state index >= 15 is 0 Å². The molecule has 11 heteroatoms. The fraction of sp³-hybridized carbons (Fsp3) is 0.185. The molecule has 0 spiro atoms. The van der Waals surface area contributed by atoms with Gasteiger partial charge in [0.15, 0.2) is 23.8 Å². The van der Waals surface area contributed by atoms with Crippen LogP contribution in [0.25, 0.3) is 0 Å². The molecule has 0 saturated heterocycles. The molecule has 2 aromatic carbocycles. The van der Waals surface area contributed by atoms with Crippen LogP contribution in [0.5, 0.6) is 0 Å². The second-order valence-corrected chi connectivity index (χ2v) is 8.88. The molecule has 5 rings (SSSR count). The number of nitrogens with zero attached hydrogens (tertiary/aromatic N) is 5. The highest BCUT2D eigenvalue weighted by Crippen LogP contribution is 2.32. The molecule has 2 atom stereocenters. The molecule has 11 nitrogen and oxygen atoms in total. The van der Waals surface area contributed by atoms with Crippen molar-refractivity contribution in [3.63, 3.8) is 0 Å². The van der Waals surface area contributed by atoms with Crippen molar-refractivity contribution in [2.24, 2.45) is 17.3 Å². The molecule has 0 saturated carbocycles. The van der Waals surface area contributed by atoms with Gasteiger partial charge in [-0.1, -0.05) is 60.7 Å². The van der Waals surface area contributed by atoms with Crippen LogP contribution in [0.4, 0.5) is 0 Å². The number of nitrogens with one attached hydrogen (secondary N) is 2. The highest BCUT2D eigenvalue weighted by molar-refractivity contribution is 6.12. The first kappa shape index (κ1) is 24.6. The molecule has 2 unspecified atom stereocenters. The summed E-state index contributed by atoms with van der Waals surface area (Å²) in [5.74, 6) is -1.26. The highest BCUT2D eigenvalue weighted by Gasteiger charge is 2.41. The van der Waals surface area contributed by atoms with Crippen LogP contribution in [0.15, 0.2) is 83.0 Å². The van der Waals surface area contributed by atoms with Crippen LogP contribution < -0.4 is 10.6 Å². The third-order valence-corrected chi connectivity index (χ3v) is 6.38. The Balaban J connectivity index is 1.52. The molecule has 0 radical (unpaired) electrons. The summed E-state index contributed by atoms with van der Waals surface area (Å²) in [6.07, 6.45) is 0. The minimum atomic E-state index is -1.08. The predicted molar refractivity (Wildman–Crippen MR) is 138 cm³/mol. The maximum atomic E-state index is 13.3. The van der Waals surface area contributed by atoms with Crippen LogP contribution in [-0.4, -0.2) is 49.9 Å². The van der Waals surface area contributed by atoms with Crippen LogP contribution in [-0.2, 0) is 26.2 Å². The van der Waals surface area contributed by atoms with Crippen molar-refractivity contribution in [2.45, 2.75) is 25.9 Å². The van der Waals surface area contributed by atoms with Gasteiger partial charge in [-0.05, 0) is 12.1 Å². The standard InChI is InChI=1S/C27H25N7O4/c1-16(35)33-22(26(37)28-24(30-33)18-10-6-4-7-11-18)20-14-15-21(32(20)3)23-27(38)29-25(31-34(23)17(2)36)19-12-8-5-9-13-19/h4-15,22-23H,1-3H3,(H,28,30,37)(H,29,31,38). The van der Waals surface area contributed by atoms with Gasteiger partial charge in [0, 0.05) is 32.0 Å². The van der Waals surface area contributed by atoms with Crippen molar-refractivity contribution in [2.75, 3.05) is 0 Å². The van der Waals surface area contributed by atoms with E-state index in [2.05, 4.69) is 20.8 Å². The Kier molecular flexibility index (Phi) is 6.33. The lowest BCUT2D eigenvalue weighted by Gasteiger charge is -2.33. The SMILES string of the molecule is CC(=O)N1N=C(c2ccccc2)NC(=O)C1c1ccc(C2C(=O)NC(c3ccccc3)=NN2C(C)=O)n1C. The largest absolute Gasteiger partial charge is 0.347 e. The van der Waals surface area contributed by atoms with Crippen molar-refractivity contribution < 1.29 is 19.2 Å². The molecule has 0 fully saturated rings. The summed E-state index contributed by atoms with van der Waals surface area (Å²) < 4.78 is 1.62. The van der Waals surface area contributed by atoms with Gasteiger partial charge in [0.05, 0.1) is 11.4 Å². The van der Waals surface area contributed by atoms with Crippen LogP contribution in [0.3, 0.4) is 0 Å². The lowest BCUT2D eigenvalue weighted by molar-refractivity contribution is -0.140. The first-order valence-electron chi connectivity index (χ1n) is 11.9. The summed E-state index contributed by atoms with van der Waals surface area (Å²) in [5.41, 5.74) is 2.14. The molecule has 0 aliphatic carbocycles. The predicted octanol–water partition coefficient (Wildman–Crippen LogP) is 1.79. The first-order chi connectivity index (χ1) is 18.3. The van der Waals surface area contributed by atoms with E-state index in [1.807, 2.05) is 12.1 Å². The molecular weight excluding hydrogens is 486 g/mol. The summed E-state index contributed by atoms with van der Waals surface area (Å²) in [7, 11) is 1.66. The summed E-state index contributed by atoms with van der Waals surface area (Å²) in [4.78, 5) is 51.8. The van der Waals surface area contributed by atoms with E-state index in [9.17, 15) is 19.2 Å². The monoisotopic (exact) mass is 511 g/mol. The Morgan fingerprint density at radius 1 is 0.658 bits per heavy atom. The number of hydrogen-bond acceptors (Lipinski definition) is 6. The van der Waals surface area contributed by atoms with E-state index < -0.39 is 35.7 Å². The number of amides is 4. The fourth-order valence-electron chi connectivity index (χ4n) is 4.54. The Hall–Kier alpha value is -5.06. The number of aromatic nitrogens is 1. The van der Waals surface area contributed by atoms with E-state index in [0.717, 1.165) is 10.0 Å². The molecule has 3 heterocycles. The normalized spacial score (nSPS) is 19.3. The molecule has 4 amide bonds. The maximum absolute atomic E-state index is 13.3. The van der Waals surface area contributed by atoms with Crippen LogP contribution in [0.1, 0.15) is 48.4 Å². The lowest BCUT2D eigenvalue weighted by atomic mass is 10.1. The number of rotatable bonds is 4.